The second-order valence-electron chi connectivity index (χ2n) is 4.88. The van der Waals surface area contributed by atoms with Gasteiger partial charge in [-0.15, -0.1) is 0 Å². The number of nitrogens with zero attached hydrogens (tertiary/aromatic N) is 1. The average molecular weight is 300 g/mol. The third-order valence-electron chi connectivity index (χ3n) is 3.37. The summed E-state index contributed by atoms with van der Waals surface area (Å²) in [4.78, 5) is 4.12. The van der Waals surface area contributed by atoms with Crippen LogP contribution in [0.15, 0.2) is 54.7 Å². The van der Waals surface area contributed by atoms with Crippen LogP contribution in [0.4, 0.5) is 4.39 Å². The molecule has 0 saturated carbocycles. The Hall–Kier alpha value is -2.48. The van der Waals surface area contributed by atoms with Gasteiger partial charge in [0.25, 0.3) is 0 Å². The molecule has 0 bridgehead atoms. The van der Waals surface area contributed by atoms with Crippen molar-refractivity contribution < 1.29 is 16.7 Å². The lowest BCUT2D eigenvalue weighted by molar-refractivity contribution is 0.628. The summed E-state index contributed by atoms with van der Waals surface area (Å²) in [5.74, 6) is -0.473. The molecule has 1 nitrogen and oxygen atoms in total. The van der Waals surface area contributed by atoms with E-state index < -0.39 is 26.4 Å². The Kier molecular flexibility index (Phi) is 1.87. The highest BCUT2D eigenvalue weighted by Crippen LogP contribution is 2.29. The maximum atomic E-state index is 13.4. The highest BCUT2D eigenvalue weighted by atomic mass is 19.1. The lowest BCUT2D eigenvalue weighted by Crippen LogP contribution is -1.90. The van der Waals surface area contributed by atoms with E-state index in [2.05, 4.69) is 4.98 Å². The molecule has 0 saturated heterocycles. The Morgan fingerprint density at radius 2 is 1.55 bits per heavy atom. The smallest absolute Gasteiger partial charge is 0.123 e. The van der Waals surface area contributed by atoms with Crippen LogP contribution in [0.5, 0.6) is 0 Å². The Bertz CT molecular complexity index is 1100. The number of rotatable bonds is 2. The minimum absolute atomic E-state index is 0.0398. The number of pyridine rings is 1. The van der Waals surface area contributed by atoms with Crippen LogP contribution in [0, 0.1) is 26.4 Å². The molecule has 3 rings (SSSR count). The standard InChI is InChI=1S/C20H18FN/c1-13-4-5-17(20-10-14(2)15(3)12-22-20)11-19(13)16-6-8-18(21)9-7-16/h4-12H,1-3H3/i1D3,2D3,3D3. The number of hydrogen-bond donors (Lipinski definition) is 0. The van der Waals surface area contributed by atoms with Crippen LogP contribution in [0.2, 0.25) is 0 Å². The van der Waals surface area contributed by atoms with Crippen molar-refractivity contribution in [2.45, 2.75) is 20.6 Å². The molecule has 2 aromatic carbocycles. The fourth-order valence-electron chi connectivity index (χ4n) is 2.19. The molecule has 110 valence electrons. The average Bonchev–Trinajstić information content (AvgIpc) is 2.65. The molecule has 0 amide bonds. The minimum Gasteiger partial charge on any atom is -0.256 e. The van der Waals surface area contributed by atoms with E-state index >= 15 is 0 Å². The zero-order chi connectivity index (χ0) is 23.2. The zero-order valence-electron chi connectivity index (χ0n) is 20.5. The zero-order valence-corrected chi connectivity index (χ0v) is 11.5. The molecule has 0 fully saturated rings. The van der Waals surface area contributed by atoms with Crippen molar-refractivity contribution in [1.29, 1.82) is 0 Å². The second kappa shape index (κ2) is 5.72. The van der Waals surface area contributed by atoms with Crippen molar-refractivity contribution in [1.82, 2.24) is 4.98 Å². The van der Waals surface area contributed by atoms with E-state index in [4.69, 9.17) is 12.3 Å². The first-order valence-electron chi connectivity index (χ1n) is 11.1. The van der Waals surface area contributed by atoms with Crippen molar-refractivity contribution in [2.24, 2.45) is 0 Å². The fourth-order valence-corrected chi connectivity index (χ4v) is 2.19. The van der Waals surface area contributed by atoms with Crippen LogP contribution in [0.3, 0.4) is 0 Å². The van der Waals surface area contributed by atoms with Gasteiger partial charge in [0.05, 0.1) is 5.69 Å². The molecule has 0 unspecified atom stereocenters. The van der Waals surface area contributed by atoms with E-state index in [0.29, 0.717) is 16.7 Å². The first kappa shape index (κ1) is 7.19. The van der Waals surface area contributed by atoms with Crippen molar-refractivity contribution >= 4 is 0 Å². The van der Waals surface area contributed by atoms with Crippen LogP contribution >= 0.6 is 0 Å². The Labute approximate surface area is 143 Å². The molecule has 0 radical (unpaired) electrons. The van der Waals surface area contributed by atoms with E-state index in [1.54, 1.807) is 0 Å². The quantitative estimate of drug-likeness (QED) is 0.610. The van der Waals surface area contributed by atoms with Crippen LogP contribution in [-0.2, 0) is 0 Å². The van der Waals surface area contributed by atoms with Crippen molar-refractivity contribution in [3.63, 3.8) is 0 Å². The van der Waals surface area contributed by atoms with E-state index in [-0.39, 0.29) is 22.4 Å². The lowest BCUT2D eigenvalue weighted by Gasteiger charge is -2.10. The SMILES string of the molecule is [2H]C([2H])([2H])c1ccc(-c2cc(C([2H])([2H])[2H])c(C([2H])([2H])[2H])cn2)cc1-c1ccc(F)cc1. The Morgan fingerprint density at radius 1 is 0.818 bits per heavy atom. The summed E-state index contributed by atoms with van der Waals surface area (Å²) in [6.07, 6.45) is 1.01. The van der Waals surface area contributed by atoms with Gasteiger partial charge in [0.15, 0.2) is 0 Å². The Balaban J connectivity index is 2.22. The van der Waals surface area contributed by atoms with E-state index in [0.717, 1.165) is 6.20 Å². The van der Waals surface area contributed by atoms with Gasteiger partial charge in [0.2, 0.25) is 0 Å². The van der Waals surface area contributed by atoms with Gasteiger partial charge in [-0.25, -0.2) is 4.39 Å². The molecule has 0 atom stereocenters. The summed E-state index contributed by atoms with van der Waals surface area (Å²) in [7, 11) is 0. The largest absolute Gasteiger partial charge is 0.256 e. The molecule has 0 aliphatic carbocycles. The van der Waals surface area contributed by atoms with Gasteiger partial charge in [0, 0.05) is 24.1 Å². The highest BCUT2D eigenvalue weighted by molar-refractivity contribution is 5.74. The normalized spacial score (nSPS) is 18.5. The summed E-state index contributed by atoms with van der Waals surface area (Å²) < 4.78 is 82.6. The molecule has 0 spiro atoms. The maximum absolute atomic E-state index is 13.4. The predicted octanol–water partition coefficient (Wildman–Crippen LogP) is 5.48. The molecule has 1 aromatic heterocycles. The molecular weight excluding hydrogens is 273 g/mol. The summed E-state index contributed by atoms with van der Waals surface area (Å²) in [6.45, 7) is -7.77. The molecule has 0 aliphatic rings. The molecule has 1 heterocycles. The summed E-state index contributed by atoms with van der Waals surface area (Å²) in [5.41, 5.74) is 0.682. The minimum atomic E-state index is -2.68. The van der Waals surface area contributed by atoms with E-state index in [1.807, 2.05) is 0 Å². The topological polar surface area (TPSA) is 12.9 Å². The molecule has 3 aromatic rings. The van der Waals surface area contributed by atoms with Crippen molar-refractivity contribution in [3.05, 3.63) is 77.2 Å². The third kappa shape index (κ3) is 2.77. The van der Waals surface area contributed by atoms with E-state index in [9.17, 15) is 4.39 Å². The number of aryl methyl sites for hydroxylation is 3. The first-order chi connectivity index (χ1) is 14.2. The monoisotopic (exact) mass is 300 g/mol. The third-order valence-corrected chi connectivity index (χ3v) is 3.37. The van der Waals surface area contributed by atoms with Crippen LogP contribution in [0.1, 0.15) is 29.0 Å². The summed E-state index contributed by atoms with van der Waals surface area (Å²) in [6, 6.07) is 10.9. The van der Waals surface area contributed by atoms with Gasteiger partial charge >= 0.3 is 0 Å². The molecule has 2 heteroatoms. The van der Waals surface area contributed by atoms with Crippen LogP contribution < -0.4 is 0 Å². The molecule has 0 aliphatic heterocycles. The highest BCUT2D eigenvalue weighted by Gasteiger charge is 2.07. The number of benzene rings is 2. The summed E-state index contributed by atoms with van der Waals surface area (Å²) in [5, 5.41) is 0. The number of aromatic nitrogens is 1. The first-order valence-corrected chi connectivity index (χ1v) is 6.60. The molecule has 0 N–H and O–H groups in total. The van der Waals surface area contributed by atoms with Gasteiger partial charge < -0.3 is 0 Å². The molecule has 22 heavy (non-hydrogen) atoms. The van der Waals surface area contributed by atoms with E-state index in [1.165, 1.54) is 48.5 Å². The van der Waals surface area contributed by atoms with Gasteiger partial charge in [-0.3, -0.25) is 4.98 Å². The van der Waals surface area contributed by atoms with Crippen LogP contribution in [-0.4, -0.2) is 4.98 Å². The van der Waals surface area contributed by atoms with Gasteiger partial charge in [0.1, 0.15) is 5.82 Å². The Morgan fingerprint density at radius 3 is 2.27 bits per heavy atom. The number of halogens is 1. The van der Waals surface area contributed by atoms with Crippen LogP contribution in [0.25, 0.3) is 22.4 Å². The van der Waals surface area contributed by atoms with Gasteiger partial charge in [-0.05, 0) is 72.6 Å². The molecular formula is C20H18FN. The maximum Gasteiger partial charge on any atom is 0.123 e. The van der Waals surface area contributed by atoms with Crippen molar-refractivity contribution in [3.8, 4) is 22.4 Å². The van der Waals surface area contributed by atoms with Crippen molar-refractivity contribution in [2.75, 3.05) is 0 Å². The van der Waals surface area contributed by atoms with Gasteiger partial charge in [-0.2, -0.15) is 0 Å². The lowest BCUT2D eigenvalue weighted by atomic mass is 9.96. The van der Waals surface area contributed by atoms with Gasteiger partial charge in [-0.1, -0.05) is 24.3 Å². The number of hydrogen-bond acceptors (Lipinski definition) is 1. The summed E-state index contributed by atoms with van der Waals surface area (Å²) >= 11 is 0. The second-order valence-corrected chi connectivity index (χ2v) is 4.88. The predicted molar refractivity (Wildman–Crippen MR) is 89.3 cm³/mol. The fraction of sp³-hybridized carbons (Fsp3) is 0.150.